The second-order valence-electron chi connectivity index (χ2n) is 2.87. The van der Waals surface area contributed by atoms with Gasteiger partial charge in [-0.25, -0.2) is 0 Å². The first-order valence-corrected chi connectivity index (χ1v) is 4.54. The summed E-state index contributed by atoms with van der Waals surface area (Å²) >= 11 is 5.85. The van der Waals surface area contributed by atoms with Gasteiger partial charge in [-0.3, -0.25) is 4.79 Å². The highest BCUT2D eigenvalue weighted by Crippen LogP contribution is 2.20. The van der Waals surface area contributed by atoms with Crippen LogP contribution in [0.2, 0.25) is 5.02 Å². The van der Waals surface area contributed by atoms with Gasteiger partial charge in [0.2, 0.25) is 0 Å². The maximum Gasteiger partial charge on any atom is 0.165 e. The molecule has 0 heterocycles. The van der Waals surface area contributed by atoms with Crippen LogP contribution in [0.25, 0.3) is 0 Å². The Hall–Kier alpha value is -1.46. The number of halogens is 1. The molecule has 1 rings (SSSR count). The molecular weight excluding hydrogens is 198 g/mol. The van der Waals surface area contributed by atoms with Crippen LogP contribution in [-0.2, 0) is 0 Å². The largest absolute Gasteiger partial charge is 0.399 e. The minimum Gasteiger partial charge on any atom is -0.399 e. The Morgan fingerprint density at radius 3 is 2.86 bits per heavy atom. The van der Waals surface area contributed by atoms with E-state index >= 15 is 0 Å². The van der Waals surface area contributed by atoms with Crippen LogP contribution in [0.3, 0.4) is 0 Å². The first kappa shape index (κ1) is 10.6. The summed E-state index contributed by atoms with van der Waals surface area (Å²) < 4.78 is 0. The maximum absolute atomic E-state index is 11.5. The van der Waals surface area contributed by atoms with Crippen molar-refractivity contribution in [3.8, 4) is 12.3 Å². The van der Waals surface area contributed by atoms with Crippen LogP contribution in [-0.4, -0.2) is 5.78 Å². The zero-order valence-corrected chi connectivity index (χ0v) is 8.34. The fraction of sp³-hybridized carbons (Fsp3) is 0.182. The van der Waals surface area contributed by atoms with Crippen molar-refractivity contribution in [1.82, 2.24) is 0 Å². The van der Waals surface area contributed by atoms with Gasteiger partial charge in [-0.05, 0) is 18.2 Å². The number of benzene rings is 1. The number of nitrogen functional groups attached to an aromatic ring is 1. The normalized spacial score (nSPS) is 9.43. The standard InChI is InChI=1S/C11H10ClNO/c1-2-3-4-11(14)9-6-5-8(13)7-10(9)12/h1,5-7H,3-4,13H2. The number of Topliss-reactive ketones (excluding diaryl/α,β-unsaturated/α-hetero) is 1. The van der Waals surface area contributed by atoms with Crippen LogP contribution in [0.15, 0.2) is 18.2 Å². The molecule has 14 heavy (non-hydrogen) atoms. The lowest BCUT2D eigenvalue weighted by Crippen LogP contribution is -2.00. The van der Waals surface area contributed by atoms with Crippen molar-refractivity contribution in [2.45, 2.75) is 12.8 Å². The average molecular weight is 208 g/mol. The molecule has 0 atom stereocenters. The lowest BCUT2D eigenvalue weighted by molar-refractivity contribution is 0.0984. The Morgan fingerprint density at radius 2 is 2.29 bits per heavy atom. The van der Waals surface area contributed by atoms with Gasteiger partial charge < -0.3 is 5.73 Å². The quantitative estimate of drug-likeness (QED) is 0.470. The van der Waals surface area contributed by atoms with Gasteiger partial charge in [0, 0.05) is 24.1 Å². The number of hydrogen-bond donors (Lipinski definition) is 1. The van der Waals surface area contributed by atoms with E-state index in [9.17, 15) is 4.79 Å². The third-order valence-electron chi connectivity index (χ3n) is 1.79. The van der Waals surface area contributed by atoms with Crippen molar-refractivity contribution in [1.29, 1.82) is 0 Å². The molecule has 0 fully saturated rings. The minimum atomic E-state index is -0.0482. The summed E-state index contributed by atoms with van der Waals surface area (Å²) in [6.07, 6.45) is 5.81. The van der Waals surface area contributed by atoms with Crippen molar-refractivity contribution in [3.63, 3.8) is 0 Å². The van der Waals surface area contributed by atoms with E-state index in [1.165, 1.54) is 0 Å². The van der Waals surface area contributed by atoms with Gasteiger partial charge in [-0.2, -0.15) is 0 Å². The number of rotatable bonds is 3. The van der Waals surface area contributed by atoms with E-state index in [4.69, 9.17) is 23.8 Å². The highest BCUT2D eigenvalue weighted by Gasteiger charge is 2.09. The summed E-state index contributed by atoms with van der Waals surface area (Å²) in [5, 5.41) is 0.382. The number of carbonyl (C=O) groups is 1. The number of hydrogen-bond acceptors (Lipinski definition) is 2. The van der Waals surface area contributed by atoms with E-state index < -0.39 is 0 Å². The summed E-state index contributed by atoms with van der Waals surface area (Å²) in [4.78, 5) is 11.5. The smallest absolute Gasteiger partial charge is 0.165 e. The molecule has 0 aliphatic heterocycles. The number of nitrogens with two attached hydrogens (primary N) is 1. The van der Waals surface area contributed by atoms with Crippen molar-refractivity contribution in [2.24, 2.45) is 0 Å². The van der Waals surface area contributed by atoms with Crippen molar-refractivity contribution in [3.05, 3.63) is 28.8 Å². The van der Waals surface area contributed by atoms with Gasteiger partial charge in [0.15, 0.2) is 5.78 Å². The highest BCUT2D eigenvalue weighted by atomic mass is 35.5. The first-order chi connectivity index (χ1) is 6.65. The van der Waals surface area contributed by atoms with Crippen molar-refractivity contribution >= 4 is 23.1 Å². The third-order valence-corrected chi connectivity index (χ3v) is 2.10. The molecule has 2 N–H and O–H groups in total. The molecule has 0 amide bonds. The number of carbonyl (C=O) groups excluding carboxylic acids is 1. The molecule has 0 aliphatic carbocycles. The van der Waals surface area contributed by atoms with Crippen LogP contribution >= 0.6 is 11.6 Å². The van der Waals surface area contributed by atoms with Gasteiger partial charge in [0.1, 0.15) is 0 Å². The lowest BCUT2D eigenvalue weighted by Gasteiger charge is -2.02. The predicted molar refractivity (Wildman–Crippen MR) is 58.3 cm³/mol. The lowest BCUT2D eigenvalue weighted by atomic mass is 10.1. The van der Waals surface area contributed by atoms with E-state index in [1.54, 1.807) is 18.2 Å². The molecule has 1 aromatic rings. The monoisotopic (exact) mass is 207 g/mol. The summed E-state index contributed by atoms with van der Waals surface area (Å²) in [5.41, 5.74) is 6.53. The minimum absolute atomic E-state index is 0.0482. The fourth-order valence-electron chi connectivity index (χ4n) is 1.08. The molecule has 2 nitrogen and oxygen atoms in total. The SMILES string of the molecule is C#CCCC(=O)c1ccc(N)cc1Cl. The second kappa shape index (κ2) is 4.69. The molecule has 3 heteroatoms. The molecule has 0 aromatic heterocycles. The van der Waals surface area contributed by atoms with Gasteiger partial charge in [0.25, 0.3) is 0 Å². The molecule has 0 unspecified atom stereocenters. The van der Waals surface area contributed by atoms with Crippen LogP contribution in [0.5, 0.6) is 0 Å². The summed E-state index contributed by atoms with van der Waals surface area (Å²) in [5.74, 6) is 2.36. The fourth-order valence-corrected chi connectivity index (χ4v) is 1.37. The zero-order valence-electron chi connectivity index (χ0n) is 7.59. The van der Waals surface area contributed by atoms with E-state index in [0.717, 1.165) is 0 Å². The number of terminal acetylenes is 1. The third kappa shape index (κ3) is 2.51. The Balaban J connectivity index is 2.86. The second-order valence-corrected chi connectivity index (χ2v) is 3.27. The van der Waals surface area contributed by atoms with E-state index in [-0.39, 0.29) is 5.78 Å². The van der Waals surface area contributed by atoms with E-state index in [1.807, 2.05) is 0 Å². The molecule has 0 radical (unpaired) electrons. The number of anilines is 1. The summed E-state index contributed by atoms with van der Waals surface area (Å²) in [6, 6.07) is 4.83. The van der Waals surface area contributed by atoms with Crippen LogP contribution < -0.4 is 5.73 Å². The topological polar surface area (TPSA) is 43.1 Å². The summed E-state index contributed by atoms with van der Waals surface area (Å²) in [6.45, 7) is 0. The van der Waals surface area contributed by atoms with Crippen LogP contribution in [0.1, 0.15) is 23.2 Å². The molecule has 0 aliphatic rings. The van der Waals surface area contributed by atoms with Gasteiger partial charge >= 0.3 is 0 Å². The van der Waals surface area contributed by atoms with Gasteiger partial charge in [-0.15, -0.1) is 12.3 Å². The molecular formula is C11H10ClNO. The van der Waals surface area contributed by atoms with Crippen molar-refractivity contribution < 1.29 is 4.79 Å². The Morgan fingerprint density at radius 1 is 1.57 bits per heavy atom. The van der Waals surface area contributed by atoms with Crippen LogP contribution in [0, 0.1) is 12.3 Å². The van der Waals surface area contributed by atoms with Gasteiger partial charge in [0.05, 0.1) is 5.02 Å². The van der Waals surface area contributed by atoms with Gasteiger partial charge in [-0.1, -0.05) is 11.6 Å². The Labute approximate surface area is 88.1 Å². The molecule has 0 saturated heterocycles. The molecule has 72 valence electrons. The molecule has 0 bridgehead atoms. The Kier molecular flexibility index (Phi) is 3.55. The predicted octanol–water partition coefficient (Wildman–Crippen LogP) is 2.52. The van der Waals surface area contributed by atoms with E-state index in [0.29, 0.717) is 29.1 Å². The molecule has 0 spiro atoms. The van der Waals surface area contributed by atoms with Crippen LogP contribution in [0.4, 0.5) is 5.69 Å². The summed E-state index contributed by atoms with van der Waals surface area (Å²) in [7, 11) is 0. The Bertz CT molecular complexity index is 393. The zero-order chi connectivity index (χ0) is 10.6. The average Bonchev–Trinajstić information content (AvgIpc) is 2.14. The highest BCUT2D eigenvalue weighted by molar-refractivity contribution is 6.34. The molecule has 0 saturated carbocycles. The van der Waals surface area contributed by atoms with Crippen molar-refractivity contribution in [2.75, 3.05) is 5.73 Å². The maximum atomic E-state index is 11.5. The molecule has 1 aromatic carbocycles. The van der Waals surface area contributed by atoms with E-state index in [2.05, 4.69) is 5.92 Å². The number of ketones is 1. The first-order valence-electron chi connectivity index (χ1n) is 4.17.